The fourth-order valence-corrected chi connectivity index (χ4v) is 5.03. The number of rotatable bonds is 0. The minimum atomic E-state index is 0.195. The van der Waals surface area contributed by atoms with E-state index < -0.39 is 0 Å². The molecule has 0 spiro atoms. The number of fused-ring (bicyclic) bond motifs is 4. The van der Waals surface area contributed by atoms with Crippen LogP contribution in [0, 0.1) is 0 Å². The quantitative estimate of drug-likeness (QED) is 0.384. The predicted molar refractivity (Wildman–Crippen MR) is 120 cm³/mol. The smallest absolute Gasteiger partial charge is 0.0595 e. The molecule has 0 nitrogen and oxygen atoms in total. The van der Waals surface area contributed by atoms with Crippen molar-refractivity contribution in [3.05, 3.63) is 114 Å². The lowest BCUT2D eigenvalue weighted by Crippen LogP contribution is -2.07. The highest BCUT2D eigenvalue weighted by Crippen LogP contribution is 2.39. The fraction of sp³-hybridized carbons (Fsp3) is 0.167. The highest BCUT2D eigenvalue weighted by molar-refractivity contribution is 6.42. The second-order valence-corrected chi connectivity index (χ2v) is 9.17. The largest absolute Gasteiger partial charge is 0.0827 e. The van der Waals surface area contributed by atoms with Crippen LogP contribution in [0.1, 0.15) is 28.2 Å². The Bertz CT molecular complexity index is 1130. The summed E-state index contributed by atoms with van der Waals surface area (Å²) >= 11 is 25.1. The first-order chi connectivity index (χ1) is 13.5. The maximum Gasteiger partial charge on any atom is 0.0595 e. The molecule has 3 aliphatic rings. The van der Waals surface area contributed by atoms with Crippen molar-refractivity contribution in [2.75, 3.05) is 0 Å². The molecule has 0 aliphatic heterocycles. The molecular formula is C24H16Cl4. The molecule has 1 unspecified atom stereocenters. The summed E-state index contributed by atoms with van der Waals surface area (Å²) in [6.07, 6.45) is 13.9. The Morgan fingerprint density at radius 3 is 1.86 bits per heavy atom. The van der Waals surface area contributed by atoms with Crippen LogP contribution in [0.15, 0.2) is 71.4 Å². The average molecular weight is 446 g/mol. The molecule has 2 aromatic carbocycles. The van der Waals surface area contributed by atoms with Gasteiger partial charge in [0.1, 0.15) is 0 Å². The Labute approximate surface area is 184 Å². The van der Waals surface area contributed by atoms with Crippen molar-refractivity contribution in [2.24, 2.45) is 0 Å². The molecule has 2 aromatic rings. The van der Waals surface area contributed by atoms with E-state index >= 15 is 0 Å². The molecule has 4 heteroatoms. The van der Waals surface area contributed by atoms with Crippen LogP contribution in [0.2, 0.25) is 20.1 Å². The fourth-order valence-electron chi connectivity index (χ4n) is 4.29. The van der Waals surface area contributed by atoms with Crippen LogP contribution in [-0.4, -0.2) is 0 Å². The molecule has 0 heterocycles. The summed E-state index contributed by atoms with van der Waals surface area (Å²) in [4.78, 5) is 0. The van der Waals surface area contributed by atoms with E-state index in [9.17, 15) is 0 Å². The first-order valence-corrected chi connectivity index (χ1v) is 10.7. The average Bonchev–Trinajstić information content (AvgIpc) is 2.72. The Kier molecular flexibility index (Phi) is 4.72. The van der Waals surface area contributed by atoms with Crippen molar-refractivity contribution >= 4 is 46.4 Å². The van der Waals surface area contributed by atoms with Crippen LogP contribution in [0.3, 0.4) is 0 Å². The third-order valence-corrected chi connectivity index (χ3v) is 7.19. The van der Waals surface area contributed by atoms with Crippen molar-refractivity contribution in [3.8, 4) is 0 Å². The van der Waals surface area contributed by atoms with Crippen molar-refractivity contribution in [2.45, 2.75) is 25.2 Å². The SMILES string of the molecule is Clc1cc2c(cc1Cl)CC1=C(/C=C\C3=CC(/C=C\1)c1cc(Cl)c(Cl)cc1C3)C2. The van der Waals surface area contributed by atoms with Gasteiger partial charge in [-0.05, 0) is 82.5 Å². The van der Waals surface area contributed by atoms with Gasteiger partial charge in [0.05, 0.1) is 20.1 Å². The van der Waals surface area contributed by atoms with Gasteiger partial charge in [0.2, 0.25) is 0 Å². The molecule has 0 fully saturated rings. The monoisotopic (exact) mass is 444 g/mol. The Morgan fingerprint density at radius 1 is 0.607 bits per heavy atom. The van der Waals surface area contributed by atoms with Gasteiger partial charge in [-0.25, -0.2) is 0 Å². The second kappa shape index (κ2) is 7.11. The highest BCUT2D eigenvalue weighted by Gasteiger charge is 2.22. The molecule has 0 amide bonds. The van der Waals surface area contributed by atoms with Crippen molar-refractivity contribution in [1.29, 1.82) is 0 Å². The first kappa shape index (κ1) is 18.6. The molecule has 0 aromatic heterocycles. The van der Waals surface area contributed by atoms with Crippen LogP contribution in [-0.2, 0) is 19.3 Å². The lowest BCUT2D eigenvalue weighted by molar-refractivity contribution is 0.959. The van der Waals surface area contributed by atoms with Gasteiger partial charge in [0.25, 0.3) is 0 Å². The van der Waals surface area contributed by atoms with E-state index in [0.29, 0.717) is 20.1 Å². The molecule has 0 N–H and O–H groups in total. The van der Waals surface area contributed by atoms with E-state index in [1.807, 2.05) is 24.3 Å². The number of allylic oxidation sites excluding steroid dienone is 8. The topological polar surface area (TPSA) is 0 Å². The normalized spacial score (nSPS) is 22.1. The Morgan fingerprint density at radius 2 is 1.18 bits per heavy atom. The Balaban J connectivity index is 1.57. The molecule has 0 radical (unpaired) electrons. The molecule has 0 saturated heterocycles. The highest BCUT2D eigenvalue weighted by atomic mass is 35.5. The molecule has 28 heavy (non-hydrogen) atoms. The molecule has 0 saturated carbocycles. The van der Waals surface area contributed by atoms with Crippen LogP contribution in [0.5, 0.6) is 0 Å². The van der Waals surface area contributed by atoms with E-state index in [2.05, 4.69) is 30.4 Å². The van der Waals surface area contributed by atoms with Crippen molar-refractivity contribution < 1.29 is 0 Å². The van der Waals surface area contributed by atoms with E-state index in [1.165, 1.54) is 39.0 Å². The third-order valence-electron chi connectivity index (χ3n) is 5.75. The number of hydrogen-bond acceptors (Lipinski definition) is 0. The van der Waals surface area contributed by atoms with Gasteiger partial charge >= 0.3 is 0 Å². The number of hydrogen-bond donors (Lipinski definition) is 0. The van der Waals surface area contributed by atoms with Crippen molar-refractivity contribution in [3.63, 3.8) is 0 Å². The van der Waals surface area contributed by atoms with E-state index in [4.69, 9.17) is 46.4 Å². The van der Waals surface area contributed by atoms with Gasteiger partial charge in [-0.2, -0.15) is 0 Å². The molecular weight excluding hydrogens is 430 g/mol. The summed E-state index contributed by atoms with van der Waals surface area (Å²) in [5.41, 5.74) is 8.94. The lowest BCUT2D eigenvalue weighted by Gasteiger charge is -2.22. The predicted octanol–water partition coefficient (Wildman–Crippen LogP) is 8.09. The summed E-state index contributed by atoms with van der Waals surface area (Å²) < 4.78 is 0. The maximum absolute atomic E-state index is 6.30. The third kappa shape index (κ3) is 3.27. The van der Waals surface area contributed by atoms with Crippen molar-refractivity contribution in [1.82, 2.24) is 0 Å². The van der Waals surface area contributed by atoms with Gasteiger partial charge < -0.3 is 0 Å². The zero-order valence-corrected chi connectivity index (χ0v) is 17.9. The minimum Gasteiger partial charge on any atom is -0.0827 e. The standard InChI is InChI=1S/C24H16Cl4/c25-21-9-17-7-14-2-1-13-5-16(4-3-15(14)8-18(17)10-22(21)26)20-12-24(28)23(27)11-19(20)6-13/h1-5,9-12,16H,6-8H2/b2-1-,4-3-. The number of halogens is 4. The van der Waals surface area contributed by atoms with E-state index in [-0.39, 0.29) is 5.92 Å². The maximum atomic E-state index is 6.30. The van der Waals surface area contributed by atoms with Gasteiger partial charge in [-0.1, -0.05) is 76.8 Å². The molecule has 1 atom stereocenters. The van der Waals surface area contributed by atoms with Gasteiger partial charge in [0.15, 0.2) is 0 Å². The second-order valence-electron chi connectivity index (χ2n) is 7.54. The van der Waals surface area contributed by atoms with Gasteiger partial charge in [0, 0.05) is 5.92 Å². The summed E-state index contributed by atoms with van der Waals surface area (Å²) in [6.45, 7) is 0. The van der Waals surface area contributed by atoms with Crippen LogP contribution >= 0.6 is 46.4 Å². The molecule has 5 rings (SSSR count). The minimum absolute atomic E-state index is 0.195. The summed E-state index contributed by atoms with van der Waals surface area (Å²) in [7, 11) is 0. The molecule has 140 valence electrons. The van der Waals surface area contributed by atoms with Crippen LogP contribution in [0.25, 0.3) is 0 Å². The zero-order valence-electron chi connectivity index (χ0n) is 14.9. The van der Waals surface area contributed by atoms with Gasteiger partial charge in [-0.15, -0.1) is 0 Å². The van der Waals surface area contributed by atoms with Crippen LogP contribution < -0.4 is 0 Å². The van der Waals surface area contributed by atoms with Gasteiger partial charge in [-0.3, -0.25) is 0 Å². The first-order valence-electron chi connectivity index (χ1n) is 9.21. The summed E-state index contributed by atoms with van der Waals surface area (Å²) in [6, 6.07) is 8.02. The van der Waals surface area contributed by atoms with E-state index in [0.717, 1.165) is 19.3 Å². The van der Waals surface area contributed by atoms with Crippen LogP contribution in [0.4, 0.5) is 0 Å². The molecule has 2 bridgehead atoms. The Hall–Kier alpha value is -1.44. The summed E-state index contributed by atoms with van der Waals surface area (Å²) in [5.74, 6) is 0.195. The summed E-state index contributed by atoms with van der Waals surface area (Å²) in [5, 5.41) is 2.46. The zero-order chi connectivity index (χ0) is 19.4. The molecule has 3 aliphatic carbocycles. The number of benzene rings is 2. The lowest BCUT2D eigenvalue weighted by atomic mass is 9.83. The van der Waals surface area contributed by atoms with E-state index in [1.54, 1.807) is 0 Å².